The lowest BCUT2D eigenvalue weighted by Crippen LogP contribution is -2.45. The SMILES string of the molecule is CC(C)(C)C(=O)O[C@H]1CCC(CCC=O)(CCC=O)N1. The predicted molar refractivity (Wildman–Crippen MR) is 75.0 cm³/mol. The van der Waals surface area contributed by atoms with Crippen molar-refractivity contribution in [3.8, 4) is 0 Å². The number of ether oxygens (including phenoxy) is 1. The smallest absolute Gasteiger partial charge is 0.312 e. The Morgan fingerprint density at radius 2 is 1.80 bits per heavy atom. The lowest BCUT2D eigenvalue weighted by molar-refractivity contribution is -0.159. The zero-order chi connectivity index (χ0) is 15.2. The van der Waals surface area contributed by atoms with Crippen molar-refractivity contribution in [3.63, 3.8) is 0 Å². The molecular formula is C15H25NO4. The van der Waals surface area contributed by atoms with E-state index in [-0.39, 0.29) is 17.7 Å². The first-order valence-corrected chi connectivity index (χ1v) is 7.19. The number of nitrogens with one attached hydrogen (secondary N) is 1. The monoisotopic (exact) mass is 283 g/mol. The Kier molecular flexibility index (Phi) is 5.87. The summed E-state index contributed by atoms with van der Waals surface area (Å²) in [5, 5.41) is 3.32. The molecular weight excluding hydrogens is 258 g/mol. The molecule has 1 aliphatic rings. The fourth-order valence-electron chi connectivity index (χ4n) is 2.48. The molecule has 1 aliphatic heterocycles. The highest BCUT2D eigenvalue weighted by molar-refractivity contribution is 5.75. The van der Waals surface area contributed by atoms with E-state index in [1.807, 2.05) is 20.8 Å². The molecule has 0 aromatic carbocycles. The van der Waals surface area contributed by atoms with Gasteiger partial charge in [-0.2, -0.15) is 0 Å². The van der Waals surface area contributed by atoms with E-state index < -0.39 is 5.41 Å². The molecule has 0 aliphatic carbocycles. The molecule has 5 nitrogen and oxygen atoms in total. The number of carbonyl (C=O) groups excluding carboxylic acids is 3. The van der Waals surface area contributed by atoms with E-state index in [0.29, 0.717) is 25.7 Å². The van der Waals surface area contributed by atoms with Crippen LogP contribution >= 0.6 is 0 Å². The van der Waals surface area contributed by atoms with Gasteiger partial charge in [0.1, 0.15) is 12.6 Å². The van der Waals surface area contributed by atoms with Crippen molar-refractivity contribution in [2.45, 2.75) is 71.1 Å². The highest BCUT2D eigenvalue weighted by Gasteiger charge is 2.40. The van der Waals surface area contributed by atoms with Crippen LogP contribution in [-0.2, 0) is 19.1 Å². The minimum absolute atomic E-state index is 0.239. The molecule has 0 bridgehead atoms. The van der Waals surface area contributed by atoms with Crippen LogP contribution in [0.25, 0.3) is 0 Å². The lowest BCUT2D eigenvalue weighted by Gasteiger charge is -2.30. The van der Waals surface area contributed by atoms with Crippen molar-refractivity contribution >= 4 is 18.5 Å². The number of hydrogen-bond donors (Lipinski definition) is 1. The highest BCUT2D eigenvalue weighted by atomic mass is 16.6. The van der Waals surface area contributed by atoms with Crippen LogP contribution in [0, 0.1) is 5.41 Å². The normalized spacial score (nSPS) is 21.4. The molecule has 0 aromatic rings. The van der Waals surface area contributed by atoms with Gasteiger partial charge in [-0.3, -0.25) is 10.1 Å². The first-order valence-electron chi connectivity index (χ1n) is 7.19. The van der Waals surface area contributed by atoms with Gasteiger partial charge in [-0.25, -0.2) is 0 Å². The topological polar surface area (TPSA) is 72.5 Å². The maximum atomic E-state index is 11.9. The third-order valence-corrected chi connectivity index (χ3v) is 3.70. The Labute approximate surface area is 120 Å². The lowest BCUT2D eigenvalue weighted by atomic mass is 9.87. The van der Waals surface area contributed by atoms with Gasteiger partial charge in [0.05, 0.1) is 5.41 Å². The maximum absolute atomic E-state index is 11.9. The predicted octanol–water partition coefficient (Wildman–Crippen LogP) is 1.98. The van der Waals surface area contributed by atoms with Crippen LogP contribution in [0.5, 0.6) is 0 Å². The van der Waals surface area contributed by atoms with Crippen LogP contribution in [0.3, 0.4) is 0 Å². The second kappa shape index (κ2) is 6.97. The number of aldehydes is 2. The second-order valence-corrected chi connectivity index (χ2v) is 6.52. The summed E-state index contributed by atoms with van der Waals surface area (Å²) in [7, 11) is 0. The van der Waals surface area contributed by atoms with Crippen LogP contribution in [-0.4, -0.2) is 30.3 Å². The third-order valence-electron chi connectivity index (χ3n) is 3.70. The summed E-state index contributed by atoms with van der Waals surface area (Å²) < 4.78 is 5.46. The number of carbonyl (C=O) groups is 3. The minimum atomic E-state index is -0.529. The molecule has 0 aromatic heterocycles. The summed E-state index contributed by atoms with van der Waals surface area (Å²) in [6.45, 7) is 5.45. The molecule has 1 heterocycles. The van der Waals surface area contributed by atoms with Gasteiger partial charge in [0.15, 0.2) is 6.23 Å². The molecule has 1 fully saturated rings. The van der Waals surface area contributed by atoms with Crippen LogP contribution in [0.1, 0.15) is 59.3 Å². The van der Waals surface area contributed by atoms with Gasteiger partial charge >= 0.3 is 5.97 Å². The molecule has 0 spiro atoms. The summed E-state index contributed by atoms with van der Waals surface area (Å²) in [6, 6.07) is 0. The zero-order valence-corrected chi connectivity index (χ0v) is 12.6. The largest absolute Gasteiger partial charge is 0.446 e. The molecule has 114 valence electrons. The summed E-state index contributed by atoms with van der Waals surface area (Å²) in [4.78, 5) is 33.1. The molecule has 0 amide bonds. The third kappa shape index (κ3) is 4.71. The standard InChI is InChI=1S/C15H25NO4/c1-14(2,3)13(19)20-12-6-9-15(16-12,7-4-10-17)8-5-11-18/h10-12,16H,4-9H2,1-3H3/t12-/m0/s1. The molecule has 1 saturated heterocycles. The van der Waals surface area contributed by atoms with Crippen molar-refractivity contribution in [3.05, 3.63) is 0 Å². The summed E-state index contributed by atoms with van der Waals surface area (Å²) in [5.41, 5.74) is -0.789. The van der Waals surface area contributed by atoms with Crippen molar-refractivity contribution < 1.29 is 19.1 Å². The summed E-state index contributed by atoms with van der Waals surface area (Å²) in [5.74, 6) is -0.239. The van der Waals surface area contributed by atoms with E-state index in [0.717, 1.165) is 25.4 Å². The zero-order valence-electron chi connectivity index (χ0n) is 12.6. The van der Waals surface area contributed by atoms with Crippen LogP contribution in [0.15, 0.2) is 0 Å². The van der Waals surface area contributed by atoms with Gasteiger partial charge in [-0.1, -0.05) is 0 Å². The Morgan fingerprint density at radius 3 is 2.25 bits per heavy atom. The number of esters is 1. The van der Waals surface area contributed by atoms with Crippen LogP contribution < -0.4 is 5.32 Å². The van der Waals surface area contributed by atoms with Crippen molar-refractivity contribution in [1.82, 2.24) is 5.32 Å². The second-order valence-electron chi connectivity index (χ2n) is 6.52. The van der Waals surface area contributed by atoms with Gasteiger partial charge in [0.2, 0.25) is 0 Å². The first-order chi connectivity index (χ1) is 9.33. The quantitative estimate of drug-likeness (QED) is 0.571. The average Bonchev–Trinajstić information content (AvgIpc) is 2.77. The summed E-state index contributed by atoms with van der Waals surface area (Å²) >= 11 is 0. The molecule has 1 rings (SSSR count). The molecule has 0 saturated carbocycles. The molecule has 20 heavy (non-hydrogen) atoms. The molecule has 5 heteroatoms. The van der Waals surface area contributed by atoms with E-state index in [1.165, 1.54) is 0 Å². The highest BCUT2D eigenvalue weighted by Crippen LogP contribution is 2.33. The summed E-state index contributed by atoms with van der Waals surface area (Å²) in [6.07, 6.45) is 5.24. The van der Waals surface area contributed by atoms with E-state index in [2.05, 4.69) is 5.32 Å². The molecule has 0 radical (unpaired) electrons. The fraction of sp³-hybridized carbons (Fsp3) is 0.800. The number of rotatable bonds is 7. The minimum Gasteiger partial charge on any atom is -0.446 e. The van der Waals surface area contributed by atoms with E-state index in [9.17, 15) is 14.4 Å². The molecule has 1 atom stereocenters. The molecule has 0 unspecified atom stereocenters. The van der Waals surface area contributed by atoms with Crippen LogP contribution in [0.4, 0.5) is 0 Å². The Hall–Kier alpha value is -1.23. The van der Waals surface area contributed by atoms with E-state index in [4.69, 9.17) is 4.74 Å². The molecule has 1 N–H and O–H groups in total. The Bertz CT molecular complexity index is 347. The first kappa shape index (κ1) is 16.8. The maximum Gasteiger partial charge on any atom is 0.312 e. The van der Waals surface area contributed by atoms with Gasteiger partial charge in [-0.15, -0.1) is 0 Å². The fourth-order valence-corrected chi connectivity index (χ4v) is 2.48. The van der Waals surface area contributed by atoms with Gasteiger partial charge in [0, 0.05) is 18.4 Å². The van der Waals surface area contributed by atoms with Crippen molar-refractivity contribution in [1.29, 1.82) is 0 Å². The van der Waals surface area contributed by atoms with Gasteiger partial charge < -0.3 is 14.3 Å². The van der Waals surface area contributed by atoms with Gasteiger partial charge in [-0.05, 0) is 46.5 Å². The van der Waals surface area contributed by atoms with E-state index >= 15 is 0 Å². The Morgan fingerprint density at radius 1 is 1.25 bits per heavy atom. The average molecular weight is 283 g/mol. The van der Waals surface area contributed by atoms with Gasteiger partial charge in [0.25, 0.3) is 0 Å². The van der Waals surface area contributed by atoms with E-state index in [1.54, 1.807) is 0 Å². The van der Waals surface area contributed by atoms with Crippen molar-refractivity contribution in [2.24, 2.45) is 5.41 Å². The number of hydrogen-bond acceptors (Lipinski definition) is 5. The Balaban J connectivity index is 2.61. The van der Waals surface area contributed by atoms with Crippen LogP contribution in [0.2, 0.25) is 0 Å². The van der Waals surface area contributed by atoms with Crippen molar-refractivity contribution in [2.75, 3.05) is 0 Å².